The summed E-state index contributed by atoms with van der Waals surface area (Å²) < 4.78 is 12.7. The molecule has 4 N–H and O–H groups in total. The average Bonchev–Trinajstić information content (AvgIpc) is 2.90. The van der Waals surface area contributed by atoms with Gasteiger partial charge < -0.3 is 16.0 Å². The average molecular weight is 262 g/mol. The molecule has 0 radical (unpaired) electrons. The van der Waals surface area contributed by atoms with Crippen molar-refractivity contribution in [1.82, 2.24) is 15.3 Å². The van der Waals surface area contributed by atoms with Gasteiger partial charge in [0.25, 0.3) is 0 Å². The Morgan fingerprint density at radius 3 is 2.79 bits per heavy atom. The molecule has 0 aliphatic rings. The summed E-state index contributed by atoms with van der Waals surface area (Å²) in [6, 6.07) is 5.31. The van der Waals surface area contributed by atoms with Gasteiger partial charge in [-0.2, -0.15) is 0 Å². The second kappa shape index (κ2) is 6.10. The highest BCUT2D eigenvalue weighted by molar-refractivity contribution is 5.81. The van der Waals surface area contributed by atoms with Gasteiger partial charge in [0.2, 0.25) is 5.91 Å². The highest BCUT2D eigenvalue weighted by atomic mass is 19.1. The largest absolute Gasteiger partial charge is 0.351 e. The quantitative estimate of drug-likeness (QED) is 0.743. The number of aromatic nitrogens is 2. The highest BCUT2D eigenvalue weighted by Crippen LogP contribution is 2.02. The number of imidazole rings is 1. The zero-order valence-corrected chi connectivity index (χ0v) is 10.3. The summed E-state index contributed by atoms with van der Waals surface area (Å²) in [5, 5.41) is 2.71. The number of carbonyl (C=O) groups excluding carboxylic acids is 1. The van der Waals surface area contributed by atoms with Gasteiger partial charge in [0.15, 0.2) is 0 Å². The smallest absolute Gasteiger partial charge is 0.237 e. The Labute approximate surface area is 110 Å². The van der Waals surface area contributed by atoms with E-state index in [1.807, 2.05) is 0 Å². The Hall–Kier alpha value is -2.21. The summed E-state index contributed by atoms with van der Waals surface area (Å²) in [5.41, 5.74) is 7.41. The van der Waals surface area contributed by atoms with Crippen LogP contribution in [0.1, 0.15) is 11.3 Å². The summed E-state index contributed by atoms with van der Waals surface area (Å²) in [4.78, 5) is 18.5. The number of rotatable bonds is 5. The van der Waals surface area contributed by atoms with Gasteiger partial charge in [0.1, 0.15) is 5.82 Å². The monoisotopic (exact) mass is 262 g/mol. The summed E-state index contributed by atoms with van der Waals surface area (Å²) in [7, 11) is 0. The molecule has 100 valence electrons. The molecule has 1 heterocycles. The van der Waals surface area contributed by atoms with E-state index in [9.17, 15) is 9.18 Å². The first-order valence-electron chi connectivity index (χ1n) is 5.90. The lowest BCUT2D eigenvalue weighted by molar-refractivity contribution is -0.122. The van der Waals surface area contributed by atoms with E-state index in [0.29, 0.717) is 13.0 Å². The highest BCUT2D eigenvalue weighted by Gasteiger charge is 2.14. The molecule has 0 bridgehead atoms. The van der Waals surface area contributed by atoms with E-state index < -0.39 is 6.04 Å². The molecule has 0 spiro atoms. The Balaban J connectivity index is 1.82. The van der Waals surface area contributed by atoms with Crippen molar-refractivity contribution in [3.63, 3.8) is 0 Å². The molecule has 5 nitrogen and oxygen atoms in total. The summed E-state index contributed by atoms with van der Waals surface area (Å²) in [6.45, 7) is 0.329. The number of benzene rings is 1. The molecule has 0 fully saturated rings. The number of hydrogen-bond donors (Lipinski definition) is 3. The number of nitrogens with one attached hydrogen (secondary N) is 2. The third-order valence-corrected chi connectivity index (χ3v) is 2.71. The topological polar surface area (TPSA) is 83.8 Å². The van der Waals surface area contributed by atoms with Gasteiger partial charge in [-0.05, 0) is 17.7 Å². The number of carbonyl (C=O) groups is 1. The van der Waals surface area contributed by atoms with Crippen LogP contribution in [-0.4, -0.2) is 21.9 Å². The fourth-order valence-electron chi connectivity index (χ4n) is 1.65. The van der Waals surface area contributed by atoms with Crippen molar-refractivity contribution in [3.8, 4) is 0 Å². The molecule has 0 aliphatic heterocycles. The Bertz CT molecular complexity index is 524. The molecular weight excluding hydrogens is 247 g/mol. The van der Waals surface area contributed by atoms with E-state index >= 15 is 0 Å². The molecule has 1 aromatic carbocycles. The van der Waals surface area contributed by atoms with E-state index in [0.717, 1.165) is 11.3 Å². The van der Waals surface area contributed by atoms with E-state index in [1.165, 1.54) is 12.1 Å². The first kappa shape index (κ1) is 13.2. The van der Waals surface area contributed by atoms with Gasteiger partial charge in [-0.1, -0.05) is 12.1 Å². The fraction of sp³-hybridized carbons (Fsp3) is 0.231. The number of halogens is 1. The Morgan fingerprint density at radius 2 is 2.16 bits per heavy atom. The molecule has 0 saturated heterocycles. The number of amides is 1. The summed E-state index contributed by atoms with van der Waals surface area (Å²) >= 11 is 0. The van der Waals surface area contributed by atoms with Crippen LogP contribution in [0, 0.1) is 5.82 Å². The minimum atomic E-state index is -0.638. The molecule has 6 heteroatoms. The number of hydrogen-bond acceptors (Lipinski definition) is 3. The predicted octanol–water partition coefficient (Wildman–Crippen LogP) is 0.735. The van der Waals surface area contributed by atoms with Gasteiger partial charge >= 0.3 is 0 Å². The number of nitrogens with two attached hydrogens (primary N) is 1. The second-order valence-corrected chi connectivity index (χ2v) is 4.23. The molecule has 0 aliphatic carbocycles. The van der Waals surface area contributed by atoms with Crippen molar-refractivity contribution in [1.29, 1.82) is 0 Å². The van der Waals surface area contributed by atoms with Crippen LogP contribution in [0.4, 0.5) is 4.39 Å². The van der Waals surface area contributed by atoms with Crippen molar-refractivity contribution in [3.05, 3.63) is 53.9 Å². The SMILES string of the molecule is N[C@H](Cc1cnc[nH]1)C(=O)NCc1ccc(F)cc1. The molecule has 2 aromatic rings. The lowest BCUT2D eigenvalue weighted by Crippen LogP contribution is -2.41. The minimum absolute atomic E-state index is 0.251. The molecule has 19 heavy (non-hydrogen) atoms. The second-order valence-electron chi connectivity index (χ2n) is 4.23. The van der Waals surface area contributed by atoms with Crippen LogP contribution in [0.15, 0.2) is 36.8 Å². The Kier molecular flexibility index (Phi) is 4.25. The molecule has 0 unspecified atom stereocenters. The third kappa shape index (κ3) is 3.89. The maximum Gasteiger partial charge on any atom is 0.237 e. The fourth-order valence-corrected chi connectivity index (χ4v) is 1.65. The van der Waals surface area contributed by atoms with Crippen molar-refractivity contribution in [2.45, 2.75) is 19.0 Å². The van der Waals surface area contributed by atoms with E-state index in [1.54, 1.807) is 24.7 Å². The zero-order chi connectivity index (χ0) is 13.7. The van der Waals surface area contributed by atoms with Crippen LogP contribution in [0.5, 0.6) is 0 Å². The first-order chi connectivity index (χ1) is 9.15. The molecule has 0 saturated carbocycles. The number of aromatic amines is 1. The van der Waals surface area contributed by atoms with Gasteiger partial charge in [0, 0.05) is 24.9 Å². The van der Waals surface area contributed by atoms with E-state index in [4.69, 9.17) is 5.73 Å². The van der Waals surface area contributed by atoms with Gasteiger partial charge in [0.05, 0.1) is 12.4 Å². The molecule has 1 atom stereocenters. The van der Waals surface area contributed by atoms with Crippen molar-refractivity contribution < 1.29 is 9.18 Å². The lowest BCUT2D eigenvalue weighted by Gasteiger charge is -2.11. The minimum Gasteiger partial charge on any atom is -0.351 e. The number of nitrogens with zero attached hydrogens (tertiary/aromatic N) is 1. The molecular formula is C13H15FN4O. The Morgan fingerprint density at radius 1 is 1.42 bits per heavy atom. The molecule has 1 amide bonds. The van der Waals surface area contributed by atoms with Crippen LogP contribution in [0.25, 0.3) is 0 Å². The normalized spacial score (nSPS) is 12.1. The standard InChI is InChI=1S/C13H15FN4O/c14-10-3-1-9(2-4-10)6-17-13(19)12(15)5-11-7-16-8-18-11/h1-4,7-8,12H,5-6,15H2,(H,16,18)(H,17,19)/t12-/m1/s1. The van der Waals surface area contributed by atoms with Crippen molar-refractivity contribution in [2.24, 2.45) is 5.73 Å². The van der Waals surface area contributed by atoms with E-state index in [-0.39, 0.29) is 11.7 Å². The summed E-state index contributed by atoms with van der Waals surface area (Å²) in [6.07, 6.45) is 3.57. The van der Waals surface area contributed by atoms with Gasteiger partial charge in [-0.3, -0.25) is 4.79 Å². The molecule has 2 rings (SSSR count). The third-order valence-electron chi connectivity index (χ3n) is 2.71. The summed E-state index contributed by atoms with van der Waals surface area (Å²) in [5.74, 6) is -0.551. The maximum absolute atomic E-state index is 12.7. The maximum atomic E-state index is 12.7. The van der Waals surface area contributed by atoms with E-state index in [2.05, 4.69) is 15.3 Å². The predicted molar refractivity (Wildman–Crippen MR) is 68.5 cm³/mol. The zero-order valence-electron chi connectivity index (χ0n) is 10.3. The van der Waals surface area contributed by atoms with Crippen LogP contribution < -0.4 is 11.1 Å². The van der Waals surface area contributed by atoms with Crippen LogP contribution in [-0.2, 0) is 17.8 Å². The van der Waals surface area contributed by atoms with Crippen LogP contribution >= 0.6 is 0 Å². The van der Waals surface area contributed by atoms with Crippen LogP contribution in [0.3, 0.4) is 0 Å². The lowest BCUT2D eigenvalue weighted by atomic mass is 10.1. The first-order valence-corrected chi connectivity index (χ1v) is 5.90. The van der Waals surface area contributed by atoms with Crippen molar-refractivity contribution in [2.75, 3.05) is 0 Å². The van der Waals surface area contributed by atoms with Crippen LogP contribution in [0.2, 0.25) is 0 Å². The molecule has 1 aromatic heterocycles. The van der Waals surface area contributed by atoms with Gasteiger partial charge in [-0.15, -0.1) is 0 Å². The number of H-pyrrole nitrogens is 1. The van der Waals surface area contributed by atoms with Gasteiger partial charge in [-0.25, -0.2) is 9.37 Å². The van der Waals surface area contributed by atoms with Crippen molar-refractivity contribution >= 4 is 5.91 Å².